The fraction of sp³-hybridized carbons (Fsp3) is 0.0952. The number of carbonyl (C=O) groups is 1. The SMILES string of the molecule is COc1cccc(C(=O)Nc2ccc(-c3ccccc3)cc2)c1OC. The maximum atomic E-state index is 12.6. The monoisotopic (exact) mass is 333 g/mol. The summed E-state index contributed by atoms with van der Waals surface area (Å²) in [5.74, 6) is 0.696. The molecule has 3 aromatic carbocycles. The second kappa shape index (κ2) is 7.53. The van der Waals surface area contributed by atoms with Crippen molar-refractivity contribution in [3.8, 4) is 22.6 Å². The van der Waals surface area contributed by atoms with Crippen molar-refractivity contribution in [2.24, 2.45) is 0 Å². The van der Waals surface area contributed by atoms with E-state index in [1.54, 1.807) is 25.3 Å². The van der Waals surface area contributed by atoms with E-state index < -0.39 is 0 Å². The van der Waals surface area contributed by atoms with Crippen molar-refractivity contribution in [3.05, 3.63) is 78.4 Å². The summed E-state index contributed by atoms with van der Waals surface area (Å²) in [6, 6.07) is 23.0. The van der Waals surface area contributed by atoms with Crippen LogP contribution in [0, 0.1) is 0 Å². The number of benzene rings is 3. The summed E-state index contributed by atoms with van der Waals surface area (Å²) >= 11 is 0. The van der Waals surface area contributed by atoms with Crippen molar-refractivity contribution in [2.45, 2.75) is 0 Å². The molecule has 25 heavy (non-hydrogen) atoms. The molecule has 126 valence electrons. The number of hydrogen-bond acceptors (Lipinski definition) is 3. The van der Waals surface area contributed by atoms with Crippen LogP contribution in [-0.2, 0) is 0 Å². The lowest BCUT2D eigenvalue weighted by atomic mass is 10.1. The smallest absolute Gasteiger partial charge is 0.259 e. The van der Waals surface area contributed by atoms with Crippen molar-refractivity contribution in [3.63, 3.8) is 0 Å². The molecular formula is C21H19NO3. The first-order valence-corrected chi connectivity index (χ1v) is 7.90. The Labute approximate surface area is 147 Å². The average molecular weight is 333 g/mol. The van der Waals surface area contributed by atoms with Crippen LogP contribution in [0.4, 0.5) is 5.69 Å². The van der Waals surface area contributed by atoms with Gasteiger partial charge in [-0.2, -0.15) is 0 Å². The van der Waals surface area contributed by atoms with Gasteiger partial charge in [0.1, 0.15) is 0 Å². The van der Waals surface area contributed by atoms with Gasteiger partial charge in [0.05, 0.1) is 19.8 Å². The second-order valence-electron chi connectivity index (χ2n) is 5.44. The van der Waals surface area contributed by atoms with Crippen LogP contribution >= 0.6 is 0 Å². The van der Waals surface area contributed by atoms with Crippen LogP contribution in [0.25, 0.3) is 11.1 Å². The minimum atomic E-state index is -0.247. The Morgan fingerprint density at radius 3 is 2.08 bits per heavy atom. The molecule has 4 nitrogen and oxygen atoms in total. The van der Waals surface area contributed by atoms with Crippen molar-refractivity contribution in [2.75, 3.05) is 19.5 Å². The van der Waals surface area contributed by atoms with Crippen LogP contribution in [0.3, 0.4) is 0 Å². The maximum absolute atomic E-state index is 12.6. The molecule has 1 amide bonds. The van der Waals surface area contributed by atoms with Gasteiger partial charge in [-0.3, -0.25) is 4.79 Å². The molecule has 0 aliphatic heterocycles. The van der Waals surface area contributed by atoms with E-state index in [2.05, 4.69) is 17.4 Å². The highest BCUT2D eigenvalue weighted by Gasteiger charge is 2.16. The quantitative estimate of drug-likeness (QED) is 0.741. The van der Waals surface area contributed by atoms with Gasteiger partial charge in [-0.25, -0.2) is 0 Å². The topological polar surface area (TPSA) is 47.6 Å². The molecule has 3 rings (SSSR count). The molecule has 0 aliphatic carbocycles. The summed E-state index contributed by atoms with van der Waals surface area (Å²) in [7, 11) is 3.06. The van der Waals surface area contributed by atoms with Gasteiger partial charge >= 0.3 is 0 Å². The van der Waals surface area contributed by atoms with Crippen molar-refractivity contribution < 1.29 is 14.3 Å². The first-order valence-electron chi connectivity index (χ1n) is 7.90. The Kier molecular flexibility index (Phi) is 5.00. The molecular weight excluding hydrogens is 314 g/mol. The van der Waals surface area contributed by atoms with E-state index in [-0.39, 0.29) is 5.91 Å². The van der Waals surface area contributed by atoms with Crippen molar-refractivity contribution >= 4 is 11.6 Å². The van der Waals surface area contributed by atoms with Crippen LogP contribution < -0.4 is 14.8 Å². The normalized spacial score (nSPS) is 10.2. The molecule has 0 saturated carbocycles. The zero-order chi connectivity index (χ0) is 17.6. The van der Waals surface area contributed by atoms with E-state index in [0.717, 1.165) is 16.8 Å². The van der Waals surface area contributed by atoms with E-state index in [0.29, 0.717) is 17.1 Å². The molecule has 4 heteroatoms. The van der Waals surface area contributed by atoms with Crippen LogP contribution in [0.2, 0.25) is 0 Å². The molecule has 3 aromatic rings. The van der Waals surface area contributed by atoms with E-state index in [4.69, 9.17) is 9.47 Å². The molecule has 0 radical (unpaired) electrons. The van der Waals surface area contributed by atoms with Crippen molar-refractivity contribution in [1.82, 2.24) is 0 Å². The highest BCUT2D eigenvalue weighted by Crippen LogP contribution is 2.31. The molecule has 0 aromatic heterocycles. The number of hydrogen-bond donors (Lipinski definition) is 1. The Hall–Kier alpha value is -3.27. The van der Waals surface area contributed by atoms with Gasteiger partial charge in [-0.1, -0.05) is 48.5 Å². The first kappa shape index (κ1) is 16.6. The third kappa shape index (κ3) is 3.63. The molecule has 0 atom stereocenters. The Morgan fingerprint density at radius 2 is 1.44 bits per heavy atom. The standard InChI is InChI=1S/C21H19NO3/c1-24-19-10-6-9-18(20(19)25-2)21(23)22-17-13-11-16(12-14-17)15-7-4-3-5-8-15/h3-14H,1-2H3,(H,22,23). The number of ether oxygens (including phenoxy) is 2. The highest BCUT2D eigenvalue weighted by molar-refractivity contribution is 6.06. The third-order valence-electron chi connectivity index (χ3n) is 3.90. The van der Waals surface area contributed by atoms with Gasteiger partial charge in [0.25, 0.3) is 5.91 Å². The average Bonchev–Trinajstić information content (AvgIpc) is 2.68. The zero-order valence-electron chi connectivity index (χ0n) is 14.2. The Balaban J connectivity index is 1.80. The maximum Gasteiger partial charge on any atom is 0.259 e. The summed E-state index contributed by atoms with van der Waals surface area (Å²) in [6.45, 7) is 0. The van der Waals surface area contributed by atoms with E-state index in [1.807, 2.05) is 42.5 Å². The first-order chi connectivity index (χ1) is 12.2. The Morgan fingerprint density at radius 1 is 0.760 bits per heavy atom. The summed E-state index contributed by atoms with van der Waals surface area (Å²) in [5.41, 5.74) is 3.37. The number of rotatable bonds is 5. The summed E-state index contributed by atoms with van der Waals surface area (Å²) in [5, 5.41) is 2.89. The lowest BCUT2D eigenvalue weighted by Crippen LogP contribution is -2.13. The lowest BCUT2D eigenvalue weighted by molar-refractivity contribution is 0.102. The van der Waals surface area contributed by atoms with Gasteiger partial charge in [0.15, 0.2) is 11.5 Å². The molecule has 0 bridgehead atoms. The van der Waals surface area contributed by atoms with Gasteiger partial charge in [0.2, 0.25) is 0 Å². The van der Waals surface area contributed by atoms with Gasteiger partial charge in [0, 0.05) is 5.69 Å². The minimum absolute atomic E-state index is 0.247. The molecule has 0 aliphatic rings. The summed E-state index contributed by atoms with van der Waals surface area (Å²) < 4.78 is 10.6. The second-order valence-corrected chi connectivity index (χ2v) is 5.44. The number of nitrogens with one attached hydrogen (secondary N) is 1. The highest BCUT2D eigenvalue weighted by atomic mass is 16.5. The van der Waals surface area contributed by atoms with E-state index in [1.165, 1.54) is 7.11 Å². The molecule has 0 unspecified atom stereocenters. The van der Waals surface area contributed by atoms with Crippen LogP contribution in [-0.4, -0.2) is 20.1 Å². The number of carbonyl (C=O) groups excluding carboxylic acids is 1. The number of methoxy groups -OCH3 is 2. The van der Waals surface area contributed by atoms with Gasteiger partial charge < -0.3 is 14.8 Å². The molecule has 0 spiro atoms. The Bertz CT molecular complexity index is 858. The van der Waals surface area contributed by atoms with Crippen LogP contribution in [0.15, 0.2) is 72.8 Å². The zero-order valence-corrected chi connectivity index (χ0v) is 14.2. The van der Waals surface area contributed by atoms with Crippen molar-refractivity contribution in [1.29, 1.82) is 0 Å². The summed E-state index contributed by atoms with van der Waals surface area (Å²) in [4.78, 5) is 12.6. The predicted molar refractivity (Wildman–Crippen MR) is 99.4 cm³/mol. The van der Waals surface area contributed by atoms with Crippen LogP contribution in [0.1, 0.15) is 10.4 Å². The fourth-order valence-electron chi connectivity index (χ4n) is 2.64. The van der Waals surface area contributed by atoms with E-state index in [9.17, 15) is 4.79 Å². The van der Waals surface area contributed by atoms with Gasteiger partial charge in [-0.05, 0) is 35.4 Å². The largest absolute Gasteiger partial charge is 0.493 e. The van der Waals surface area contributed by atoms with Crippen LogP contribution in [0.5, 0.6) is 11.5 Å². The molecule has 0 heterocycles. The lowest BCUT2D eigenvalue weighted by Gasteiger charge is -2.12. The number of amides is 1. The number of anilines is 1. The predicted octanol–water partition coefficient (Wildman–Crippen LogP) is 4.62. The molecule has 0 fully saturated rings. The fourth-order valence-corrected chi connectivity index (χ4v) is 2.64. The van der Waals surface area contributed by atoms with Gasteiger partial charge in [-0.15, -0.1) is 0 Å². The third-order valence-corrected chi connectivity index (χ3v) is 3.90. The number of para-hydroxylation sites is 1. The summed E-state index contributed by atoms with van der Waals surface area (Å²) in [6.07, 6.45) is 0. The molecule has 0 saturated heterocycles. The minimum Gasteiger partial charge on any atom is -0.493 e. The molecule has 1 N–H and O–H groups in total. The van der Waals surface area contributed by atoms with E-state index >= 15 is 0 Å².